The van der Waals surface area contributed by atoms with E-state index in [1.165, 1.54) is 0 Å². The van der Waals surface area contributed by atoms with Crippen molar-refractivity contribution < 1.29 is 0 Å². The van der Waals surface area contributed by atoms with Gasteiger partial charge in [-0.1, -0.05) is 11.6 Å². The number of imidazole rings is 1. The molecule has 0 unspecified atom stereocenters. The summed E-state index contributed by atoms with van der Waals surface area (Å²) in [6.45, 7) is 0.664. The van der Waals surface area contributed by atoms with Crippen molar-refractivity contribution in [1.29, 1.82) is 0 Å². The highest BCUT2D eigenvalue weighted by atomic mass is 35.5. The second kappa shape index (κ2) is 5.27. The number of nitrogens with one attached hydrogen (secondary N) is 1. The van der Waals surface area contributed by atoms with Crippen LogP contribution in [0.5, 0.6) is 0 Å². The Morgan fingerprint density at radius 3 is 2.59 bits per heavy atom. The highest BCUT2D eigenvalue weighted by molar-refractivity contribution is 6.30. The summed E-state index contributed by atoms with van der Waals surface area (Å²) in [5.41, 5.74) is 3.88. The fourth-order valence-corrected chi connectivity index (χ4v) is 2.49. The molecule has 4 rings (SSSR count). The van der Waals surface area contributed by atoms with Crippen LogP contribution in [0.3, 0.4) is 0 Å². The Kier molecular flexibility index (Phi) is 3.12. The summed E-state index contributed by atoms with van der Waals surface area (Å²) in [6, 6.07) is 11.5. The number of rotatable bonds is 3. The van der Waals surface area contributed by atoms with Crippen molar-refractivity contribution >= 4 is 22.8 Å². The maximum absolute atomic E-state index is 5.92. The molecule has 0 atom stereocenters. The third-order valence-electron chi connectivity index (χ3n) is 3.48. The van der Waals surface area contributed by atoms with E-state index in [0.717, 1.165) is 28.1 Å². The first-order valence-electron chi connectivity index (χ1n) is 6.86. The predicted octanol–water partition coefficient (Wildman–Crippen LogP) is 3.52. The van der Waals surface area contributed by atoms with E-state index in [1.54, 1.807) is 18.6 Å². The molecular weight excluding hydrogens is 298 g/mol. The average molecular weight is 310 g/mol. The minimum atomic E-state index is 0.664. The molecule has 4 aromatic rings. The van der Waals surface area contributed by atoms with Crippen molar-refractivity contribution in [3.05, 3.63) is 65.6 Å². The first-order valence-corrected chi connectivity index (χ1v) is 7.24. The number of halogens is 1. The van der Waals surface area contributed by atoms with Crippen molar-refractivity contribution in [2.45, 2.75) is 6.54 Å². The Morgan fingerprint density at radius 2 is 1.82 bits per heavy atom. The maximum Gasteiger partial charge on any atom is 0.177 e. The van der Waals surface area contributed by atoms with Crippen LogP contribution in [0.15, 0.2) is 55.0 Å². The van der Waals surface area contributed by atoms with Gasteiger partial charge in [-0.15, -0.1) is 0 Å². The highest BCUT2D eigenvalue weighted by Gasteiger charge is 2.10. The standard InChI is InChI=1S/C16H12ClN5/c17-13-3-1-12(2-4-13)15-20-14-9-19-22(16(14)21-15)10-11-5-7-18-8-6-11/h1-9H,10H2,(H,20,21). The molecule has 22 heavy (non-hydrogen) atoms. The van der Waals surface area contributed by atoms with Gasteiger partial charge in [-0.25, -0.2) is 9.67 Å². The molecule has 0 radical (unpaired) electrons. The normalized spacial score (nSPS) is 11.1. The summed E-state index contributed by atoms with van der Waals surface area (Å²) in [5.74, 6) is 0.813. The summed E-state index contributed by atoms with van der Waals surface area (Å²) < 4.78 is 1.88. The SMILES string of the molecule is Clc1ccc(-c2nc3c(cnn3Cc3ccncc3)[nH]2)cc1. The minimum Gasteiger partial charge on any atom is -0.335 e. The third-order valence-corrected chi connectivity index (χ3v) is 3.73. The van der Waals surface area contributed by atoms with E-state index in [2.05, 4.69) is 20.1 Å². The quantitative estimate of drug-likeness (QED) is 0.630. The van der Waals surface area contributed by atoms with Gasteiger partial charge in [0.1, 0.15) is 11.3 Å². The van der Waals surface area contributed by atoms with Crippen molar-refractivity contribution in [3.63, 3.8) is 0 Å². The van der Waals surface area contributed by atoms with E-state index in [4.69, 9.17) is 11.6 Å². The van der Waals surface area contributed by atoms with Gasteiger partial charge in [0.2, 0.25) is 0 Å². The molecule has 0 spiro atoms. The molecule has 0 aliphatic rings. The second-order valence-corrected chi connectivity index (χ2v) is 5.42. The topological polar surface area (TPSA) is 59.4 Å². The maximum atomic E-state index is 5.92. The Morgan fingerprint density at radius 1 is 1.05 bits per heavy atom. The van der Waals surface area contributed by atoms with Crippen LogP contribution in [0.1, 0.15) is 5.56 Å². The van der Waals surface area contributed by atoms with Gasteiger partial charge in [-0.3, -0.25) is 4.98 Å². The Bertz CT molecular complexity index is 909. The van der Waals surface area contributed by atoms with Crippen LogP contribution in [-0.2, 0) is 6.54 Å². The number of fused-ring (bicyclic) bond motifs is 1. The van der Waals surface area contributed by atoms with Crippen molar-refractivity contribution in [2.24, 2.45) is 0 Å². The molecule has 0 saturated heterocycles. The molecule has 0 bridgehead atoms. The Balaban J connectivity index is 1.71. The van der Waals surface area contributed by atoms with Gasteiger partial charge >= 0.3 is 0 Å². The van der Waals surface area contributed by atoms with Crippen LogP contribution in [0, 0.1) is 0 Å². The number of aromatic amines is 1. The van der Waals surface area contributed by atoms with Gasteiger partial charge in [0.05, 0.1) is 12.7 Å². The lowest BCUT2D eigenvalue weighted by atomic mass is 10.2. The summed E-state index contributed by atoms with van der Waals surface area (Å²) in [7, 11) is 0. The zero-order chi connectivity index (χ0) is 14.9. The van der Waals surface area contributed by atoms with Gasteiger partial charge in [0.15, 0.2) is 5.65 Å². The number of pyridine rings is 1. The van der Waals surface area contributed by atoms with Crippen molar-refractivity contribution in [2.75, 3.05) is 0 Å². The van der Waals surface area contributed by atoms with Crippen molar-refractivity contribution in [3.8, 4) is 11.4 Å². The predicted molar refractivity (Wildman–Crippen MR) is 85.7 cm³/mol. The Hall–Kier alpha value is -2.66. The number of aromatic nitrogens is 5. The monoisotopic (exact) mass is 309 g/mol. The van der Waals surface area contributed by atoms with E-state index in [9.17, 15) is 0 Å². The van der Waals surface area contributed by atoms with Gasteiger partial charge in [-0.2, -0.15) is 5.10 Å². The molecule has 1 N–H and O–H groups in total. The van der Waals surface area contributed by atoms with Gasteiger partial charge in [0.25, 0.3) is 0 Å². The molecule has 0 fully saturated rings. The smallest absolute Gasteiger partial charge is 0.177 e. The lowest BCUT2D eigenvalue weighted by Crippen LogP contribution is -2.01. The first-order chi connectivity index (χ1) is 10.8. The number of H-pyrrole nitrogens is 1. The average Bonchev–Trinajstić information content (AvgIpc) is 3.11. The first kappa shape index (κ1) is 13.0. The van der Waals surface area contributed by atoms with Gasteiger partial charge < -0.3 is 4.98 Å². The van der Waals surface area contributed by atoms with Crippen LogP contribution >= 0.6 is 11.6 Å². The summed E-state index contributed by atoms with van der Waals surface area (Å²) in [4.78, 5) is 12.0. The van der Waals surface area contributed by atoms with Crippen molar-refractivity contribution in [1.82, 2.24) is 24.7 Å². The number of benzene rings is 1. The molecule has 0 amide bonds. The molecule has 3 heterocycles. The number of hydrogen-bond donors (Lipinski definition) is 1. The minimum absolute atomic E-state index is 0.664. The fraction of sp³-hybridized carbons (Fsp3) is 0.0625. The molecule has 0 aliphatic heterocycles. The molecule has 1 aromatic carbocycles. The number of hydrogen-bond acceptors (Lipinski definition) is 3. The van der Waals surface area contributed by atoms with E-state index in [0.29, 0.717) is 11.6 Å². The zero-order valence-electron chi connectivity index (χ0n) is 11.6. The van der Waals surface area contributed by atoms with Crippen LogP contribution in [0.25, 0.3) is 22.6 Å². The molecule has 5 nitrogen and oxygen atoms in total. The summed E-state index contributed by atoms with van der Waals surface area (Å²) >= 11 is 5.92. The van der Waals surface area contributed by atoms with E-state index < -0.39 is 0 Å². The van der Waals surface area contributed by atoms with Gasteiger partial charge in [0, 0.05) is 23.0 Å². The lowest BCUT2D eigenvalue weighted by molar-refractivity contribution is 0.704. The number of nitrogens with zero attached hydrogens (tertiary/aromatic N) is 4. The van der Waals surface area contributed by atoms with Crippen LogP contribution < -0.4 is 0 Å². The van der Waals surface area contributed by atoms with E-state index in [1.807, 2.05) is 41.1 Å². The molecule has 3 aromatic heterocycles. The molecule has 6 heteroatoms. The van der Waals surface area contributed by atoms with Crippen LogP contribution in [-0.4, -0.2) is 24.7 Å². The zero-order valence-corrected chi connectivity index (χ0v) is 12.3. The second-order valence-electron chi connectivity index (χ2n) is 4.99. The third kappa shape index (κ3) is 2.35. The highest BCUT2D eigenvalue weighted by Crippen LogP contribution is 2.22. The van der Waals surface area contributed by atoms with Crippen LogP contribution in [0.4, 0.5) is 0 Å². The summed E-state index contributed by atoms with van der Waals surface area (Å²) in [6.07, 6.45) is 5.35. The summed E-state index contributed by atoms with van der Waals surface area (Å²) in [5, 5.41) is 5.09. The van der Waals surface area contributed by atoms with E-state index in [-0.39, 0.29) is 0 Å². The molecular formula is C16H12ClN5. The Labute approximate surface area is 131 Å². The van der Waals surface area contributed by atoms with Crippen LogP contribution in [0.2, 0.25) is 5.02 Å². The van der Waals surface area contributed by atoms with E-state index >= 15 is 0 Å². The molecule has 108 valence electrons. The fourth-order valence-electron chi connectivity index (χ4n) is 2.37. The largest absolute Gasteiger partial charge is 0.335 e. The lowest BCUT2D eigenvalue weighted by Gasteiger charge is -2.01. The van der Waals surface area contributed by atoms with Gasteiger partial charge in [-0.05, 0) is 42.0 Å². The molecule has 0 aliphatic carbocycles. The molecule has 0 saturated carbocycles.